The summed E-state index contributed by atoms with van der Waals surface area (Å²) < 4.78 is 0. The highest BCUT2D eigenvalue weighted by atomic mass is 16.3. The van der Waals surface area contributed by atoms with Crippen LogP contribution in [0.2, 0.25) is 0 Å². The Morgan fingerprint density at radius 3 is 2.63 bits per heavy atom. The Labute approximate surface area is 212 Å². The van der Waals surface area contributed by atoms with E-state index in [4.69, 9.17) is 0 Å². The molecule has 1 aromatic rings. The average Bonchev–Trinajstić information content (AvgIpc) is 3.15. The fraction of sp³-hybridized carbons (Fsp3) is 0.562. The zero-order chi connectivity index (χ0) is 25.2. The highest BCUT2D eigenvalue weighted by Crippen LogP contribution is 2.58. The van der Waals surface area contributed by atoms with Gasteiger partial charge >= 0.3 is 0 Å². The van der Waals surface area contributed by atoms with Crippen LogP contribution in [0.15, 0.2) is 77.4 Å². The van der Waals surface area contributed by atoms with Gasteiger partial charge in [-0.1, -0.05) is 73.2 Å². The van der Waals surface area contributed by atoms with E-state index in [0.717, 1.165) is 43.3 Å². The molecular formula is C32H44O3. The second-order valence-corrected chi connectivity index (χ2v) is 12.0. The maximum atomic E-state index is 10.3. The minimum absolute atomic E-state index is 0.139. The third-order valence-corrected chi connectivity index (χ3v) is 8.73. The molecule has 0 aromatic heterocycles. The van der Waals surface area contributed by atoms with Gasteiger partial charge in [-0.15, -0.1) is 0 Å². The van der Waals surface area contributed by atoms with Crippen molar-refractivity contribution in [2.75, 3.05) is 0 Å². The largest absolute Gasteiger partial charge is 0.393 e. The average molecular weight is 477 g/mol. The van der Waals surface area contributed by atoms with Crippen molar-refractivity contribution < 1.29 is 15.3 Å². The summed E-state index contributed by atoms with van der Waals surface area (Å²) in [6.45, 7) is 10.4. The Morgan fingerprint density at radius 2 is 1.91 bits per heavy atom. The zero-order valence-corrected chi connectivity index (χ0v) is 21.8. The van der Waals surface area contributed by atoms with Gasteiger partial charge in [-0.3, -0.25) is 0 Å². The SMILES string of the molecule is C=C1/C(=C/C=C2\CCC[C@]3(C)C([C@H](CCCC(C)(C)O)c4ccccc4)=CC[C@@H]23)C[C@@H](O)C[C@@H]1O. The molecule has 0 aliphatic heterocycles. The minimum atomic E-state index is -0.643. The smallest absolute Gasteiger partial charge is 0.0811 e. The van der Waals surface area contributed by atoms with Gasteiger partial charge in [0, 0.05) is 12.3 Å². The first-order chi connectivity index (χ1) is 16.6. The number of aliphatic hydroxyl groups is 3. The van der Waals surface area contributed by atoms with Crippen LogP contribution in [0.4, 0.5) is 0 Å². The van der Waals surface area contributed by atoms with Crippen molar-refractivity contribution >= 4 is 0 Å². The molecule has 2 saturated carbocycles. The topological polar surface area (TPSA) is 60.7 Å². The number of aliphatic hydroxyl groups excluding tert-OH is 2. The summed E-state index contributed by atoms with van der Waals surface area (Å²) in [5.74, 6) is 0.880. The van der Waals surface area contributed by atoms with E-state index >= 15 is 0 Å². The molecule has 0 unspecified atom stereocenters. The van der Waals surface area contributed by atoms with Gasteiger partial charge in [0.2, 0.25) is 0 Å². The summed E-state index contributed by atoms with van der Waals surface area (Å²) in [6, 6.07) is 10.9. The Hall–Kier alpha value is -1.94. The summed E-state index contributed by atoms with van der Waals surface area (Å²) in [6.07, 6.45) is 14.2. The highest BCUT2D eigenvalue weighted by Gasteiger charge is 2.47. The lowest BCUT2D eigenvalue weighted by molar-refractivity contribution is 0.0676. The van der Waals surface area contributed by atoms with E-state index < -0.39 is 17.8 Å². The number of fused-ring (bicyclic) bond motifs is 1. The summed E-state index contributed by atoms with van der Waals surface area (Å²) in [7, 11) is 0. The van der Waals surface area contributed by atoms with E-state index in [2.05, 4.69) is 62.1 Å². The highest BCUT2D eigenvalue weighted by molar-refractivity contribution is 5.42. The number of benzene rings is 1. The van der Waals surface area contributed by atoms with Gasteiger partial charge in [-0.05, 0) is 93.3 Å². The van der Waals surface area contributed by atoms with Crippen LogP contribution in [0, 0.1) is 11.3 Å². The Balaban J connectivity index is 1.58. The Morgan fingerprint density at radius 1 is 1.17 bits per heavy atom. The van der Waals surface area contributed by atoms with Crippen LogP contribution in [0.5, 0.6) is 0 Å². The predicted octanol–water partition coefficient (Wildman–Crippen LogP) is 6.77. The fourth-order valence-electron chi connectivity index (χ4n) is 6.78. The van der Waals surface area contributed by atoms with Gasteiger partial charge in [-0.2, -0.15) is 0 Å². The molecule has 0 amide bonds. The molecule has 3 aliphatic rings. The fourth-order valence-corrected chi connectivity index (χ4v) is 6.78. The summed E-state index contributed by atoms with van der Waals surface area (Å²) >= 11 is 0. The normalized spacial score (nSPS) is 32.6. The lowest BCUT2D eigenvalue weighted by Crippen LogP contribution is -2.32. The maximum absolute atomic E-state index is 10.3. The third kappa shape index (κ3) is 5.90. The summed E-state index contributed by atoms with van der Waals surface area (Å²) in [5.41, 5.74) is 5.70. The lowest BCUT2D eigenvalue weighted by Gasteiger charge is -2.43. The molecule has 2 fully saturated rings. The number of rotatable bonds is 7. The summed E-state index contributed by atoms with van der Waals surface area (Å²) in [4.78, 5) is 0. The molecule has 0 radical (unpaired) electrons. The van der Waals surface area contributed by atoms with E-state index in [9.17, 15) is 15.3 Å². The molecule has 1 aromatic carbocycles. The number of allylic oxidation sites excluding steroid dienone is 5. The van der Waals surface area contributed by atoms with Crippen LogP contribution < -0.4 is 0 Å². The maximum Gasteiger partial charge on any atom is 0.0811 e. The Kier molecular flexibility index (Phi) is 7.90. The molecule has 0 spiro atoms. The van der Waals surface area contributed by atoms with Crippen molar-refractivity contribution in [1.82, 2.24) is 0 Å². The van der Waals surface area contributed by atoms with Crippen molar-refractivity contribution in [2.24, 2.45) is 11.3 Å². The van der Waals surface area contributed by atoms with E-state index in [1.165, 1.54) is 24.0 Å². The molecule has 3 heteroatoms. The van der Waals surface area contributed by atoms with Crippen molar-refractivity contribution in [3.8, 4) is 0 Å². The van der Waals surface area contributed by atoms with Crippen LogP contribution in [0.25, 0.3) is 0 Å². The molecule has 190 valence electrons. The first-order valence-corrected chi connectivity index (χ1v) is 13.5. The van der Waals surface area contributed by atoms with E-state index in [1.54, 1.807) is 5.57 Å². The monoisotopic (exact) mass is 476 g/mol. The quantitative estimate of drug-likeness (QED) is 0.381. The van der Waals surface area contributed by atoms with Gasteiger partial charge in [0.05, 0.1) is 17.8 Å². The molecule has 3 N–H and O–H groups in total. The third-order valence-electron chi connectivity index (χ3n) is 8.73. The van der Waals surface area contributed by atoms with E-state index in [-0.39, 0.29) is 5.41 Å². The molecular weight excluding hydrogens is 432 g/mol. The van der Waals surface area contributed by atoms with Crippen molar-refractivity contribution in [1.29, 1.82) is 0 Å². The molecule has 35 heavy (non-hydrogen) atoms. The molecule has 0 heterocycles. The van der Waals surface area contributed by atoms with E-state index in [1.807, 2.05) is 13.8 Å². The van der Waals surface area contributed by atoms with Gasteiger partial charge in [-0.25, -0.2) is 0 Å². The van der Waals surface area contributed by atoms with Crippen LogP contribution in [-0.2, 0) is 0 Å². The van der Waals surface area contributed by atoms with E-state index in [0.29, 0.717) is 24.7 Å². The van der Waals surface area contributed by atoms with Gasteiger partial charge < -0.3 is 15.3 Å². The lowest BCUT2D eigenvalue weighted by atomic mass is 9.61. The van der Waals surface area contributed by atoms with Gasteiger partial charge in [0.15, 0.2) is 0 Å². The molecule has 0 saturated heterocycles. The molecule has 4 rings (SSSR count). The van der Waals surface area contributed by atoms with Crippen molar-refractivity contribution in [3.05, 3.63) is 83.0 Å². The first kappa shape index (κ1) is 26.1. The van der Waals surface area contributed by atoms with Crippen LogP contribution in [0.3, 0.4) is 0 Å². The van der Waals surface area contributed by atoms with Crippen LogP contribution >= 0.6 is 0 Å². The number of hydrogen-bond donors (Lipinski definition) is 3. The predicted molar refractivity (Wildman–Crippen MR) is 144 cm³/mol. The van der Waals surface area contributed by atoms with Crippen molar-refractivity contribution in [2.45, 2.75) is 102 Å². The van der Waals surface area contributed by atoms with Crippen LogP contribution in [-0.4, -0.2) is 33.1 Å². The minimum Gasteiger partial charge on any atom is -0.393 e. The molecule has 3 aliphatic carbocycles. The summed E-state index contributed by atoms with van der Waals surface area (Å²) in [5, 5.41) is 30.7. The zero-order valence-electron chi connectivity index (χ0n) is 21.8. The van der Waals surface area contributed by atoms with Gasteiger partial charge in [0.1, 0.15) is 0 Å². The second-order valence-electron chi connectivity index (χ2n) is 12.0. The number of hydrogen-bond acceptors (Lipinski definition) is 3. The molecule has 5 atom stereocenters. The molecule has 0 bridgehead atoms. The van der Waals surface area contributed by atoms with Gasteiger partial charge in [0.25, 0.3) is 0 Å². The standard InChI is InChI=1S/C32H44O3/c1-22-25(20-26(33)21-30(22)34)15-14-24-12-8-19-32(4)28(24)16-17-29(32)27(13-9-18-31(2,3)35)23-10-6-5-7-11-23/h5-7,10-11,14-15,17,26-28,30,33-35H,1,8-9,12-13,16,18-21H2,2-4H3/b24-14+,25-15+/t26-,27-,28+,30+,32+/m1/s1. The second kappa shape index (κ2) is 10.6. The van der Waals surface area contributed by atoms with Crippen LogP contribution in [0.1, 0.15) is 90.0 Å². The molecule has 3 nitrogen and oxygen atoms in total. The van der Waals surface area contributed by atoms with Crippen molar-refractivity contribution in [3.63, 3.8) is 0 Å². The first-order valence-electron chi connectivity index (χ1n) is 13.5. The Bertz CT molecular complexity index is 993.